The summed E-state index contributed by atoms with van der Waals surface area (Å²) in [4.78, 5) is 16.3. The summed E-state index contributed by atoms with van der Waals surface area (Å²) >= 11 is 5.78. The standard InChI is InChI=1S/C15H14ClNO2/c1-11(17-10-14-3-2-8-19-14)9-15(18)12-4-6-13(16)7-5-12/h2-8H,9-10H2,1H3. The lowest BCUT2D eigenvalue weighted by Gasteiger charge is -2.01. The summed E-state index contributed by atoms with van der Waals surface area (Å²) in [7, 11) is 0. The molecule has 98 valence electrons. The maximum absolute atomic E-state index is 12.0. The lowest BCUT2D eigenvalue weighted by molar-refractivity contribution is 0.100. The van der Waals surface area contributed by atoms with Crippen molar-refractivity contribution in [2.24, 2.45) is 4.99 Å². The van der Waals surface area contributed by atoms with E-state index in [0.29, 0.717) is 23.6 Å². The van der Waals surface area contributed by atoms with E-state index in [-0.39, 0.29) is 5.78 Å². The zero-order valence-corrected chi connectivity index (χ0v) is 11.4. The third kappa shape index (κ3) is 4.07. The molecule has 4 heteroatoms. The summed E-state index contributed by atoms with van der Waals surface area (Å²) in [5.74, 6) is 0.829. The van der Waals surface area contributed by atoms with Gasteiger partial charge in [0.1, 0.15) is 5.76 Å². The Kier molecular flexibility index (Phi) is 4.53. The van der Waals surface area contributed by atoms with Crippen molar-refractivity contribution >= 4 is 23.1 Å². The zero-order chi connectivity index (χ0) is 13.7. The van der Waals surface area contributed by atoms with Gasteiger partial charge in [-0.05, 0) is 43.3 Å². The second-order valence-electron chi connectivity index (χ2n) is 4.24. The van der Waals surface area contributed by atoms with Gasteiger partial charge < -0.3 is 4.42 Å². The molecule has 1 heterocycles. The second kappa shape index (κ2) is 6.34. The summed E-state index contributed by atoms with van der Waals surface area (Å²) < 4.78 is 5.18. The van der Waals surface area contributed by atoms with E-state index in [1.54, 1.807) is 30.5 Å². The first kappa shape index (κ1) is 13.6. The topological polar surface area (TPSA) is 42.6 Å². The van der Waals surface area contributed by atoms with Crippen LogP contribution in [-0.4, -0.2) is 11.5 Å². The third-order valence-electron chi connectivity index (χ3n) is 2.67. The van der Waals surface area contributed by atoms with Crippen LogP contribution in [0.15, 0.2) is 52.1 Å². The minimum absolute atomic E-state index is 0.0392. The Labute approximate surface area is 116 Å². The summed E-state index contributed by atoms with van der Waals surface area (Å²) in [5.41, 5.74) is 1.44. The predicted molar refractivity (Wildman–Crippen MR) is 75.9 cm³/mol. The number of hydrogen-bond donors (Lipinski definition) is 0. The minimum atomic E-state index is 0.0392. The second-order valence-corrected chi connectivity index (χ2v) is 4.67. The summed E-state index contributed by atoms with van der Waals surface area (Å²) in [6, 6.07) is 10.6. The van der Waals surface area contributed by atoms with Gasteiger partial charge in [0.25, 0.3) is 0 Å². The van der Waals surface area contributed by atoms with Crippen LogP contribution in [0.2, 0.25) is 5.02 Å². The molecule has 0 aliphatic carbocycles. The van der Waals surface area contributed by atoms with Crippen LogP contribution in [0.1, 0.15) is 29.5 Å². The van der Waals surface area contributed by atoms with Crippen LogP contribution < -0.4 is 0 Å². The first-order valence-corrected chi connectivity index (χ1v) is 6.34. The smallest absolute Gasteiger partial charge is 0.168 e. The van der Waals surface area contributed by atoms with Gasteiger partial charge in [-0.3, -0.25) is 9.79 Å². The SMILES string of the molecule is CC(CC(=O)c1ccc(Cl)cc1)=NCc1ccco1. The minimum Gasteiger partial charge on any atom is -0.467 e. The number of Topliss-reactive ketones (excluding diaryl/α,β-unsaturated/α-hetero) is 1. The molecule has 0 N–H and O–H groups in total. The van der Waals surface area contributed by atoms with Gasteiger partial charge >= 0.3 is 0 Å². The maximum atomic E-state index is 12.0. The van der Waals surface area contributed by atoms with E-state index in [1.165, 1.54) is 0 Å². The van der Waals surface area contributed by atoms with Crippen LogP contribution in [0, 0.1) is 0 Å². The van der Waals surface area contributed by atoms with Crippen molar-refractivity contribution in [1.29, 1.82) is 0 Å². The van der Waals surface area contributed by atoms with Crippen LogP contribution in [0.25, 0.3) is 0 Å². The highest BCUT2D eigenvalue weighted by Crippen LogP contribution is 2.11. The molecule has 0 aliphatic rings. The van der Waals surface area contributed by atoms with Crippen LogP contribution >= 0.6 is 11.6 Å². The van der Waals surface area contributed by atoms with Crippen LogP contribution in [0.5, 0.6) is 0 Å². The van der Waals surface area contributed by atoms with Crippen molar-refractivity contribution in [1.82, 2.24) is 0 Å². The largest absolute Gasteiger partial charge is 0.467 e. The number of nitrogens with zero attached hydrogens (tertiary/aromatic N) is 1. The maximum Gasteiger partial charge on any atom is 0.168 e. The van der Waals surface area contributed by atoms with E-state index < -0.39 is 0 Å². The number of furan rings is 1. The lowest BCUT2D eigenvalue weighted by atomic mass is 10.1. The number of hydrogen-bond acceptors (Lipinski definition) is 3. The summed E-state index contributed by atoms with van der Waals surface area (Å²) in [6.45, 7) is 2.31. The Balaban J connectivity index is 1.94. The molecule has 0 saturated heterocycles. The fourth-order valence-electron chi connectivity index (χ4n) is 1.64. The zero-order valence-electron chi connectivity index (χ0n) is 10.6. The summed E-state index contributed by atoms with van der Waals surface area (Å²) in [5, 5.41) is 0.625. The summed E-state index contributed by atoms with van der Waals surface area (Å²) in [6.07, 6.45) is 1.92. The van der Waals surface area contributed by atoms with Crippen LogP contribution in [0.4, 0.5) is 0 Å². The Morgan fingerprint density at radius 2 is 2.00 bits per heavy atom. The van der Waals surface area contributed by atoms with E-state index in [2.05, 4.69) is 4.99 Å². The number of carbonyl (C=O) groups is 1. The number of benzene rings is 1. The van der Waals surface area contributed by atoms with Gasteiger partial charge in [0.05, 0.1) is 12.8 Å². The number of ketones is 1. The molecule has 2 aromatic rings. The Morgan fingerprint density at radius 3 is 2.63 bits per heavy atom. The van der Waals surface area contributed by atoms with Crippen molar-refractivity contribution in [3.63, 3.8) is 0 Å². The molecule has 1 aromatic heterocycles. The average molecular weight is 276 g/mol. The molecule has 0 amide bonds. The molecule has 0 spiro atoms. The van der Waals surface area contributed by atoms with Gasteiger partial charge in [0, 0.05) is 22.7 Å². The average Bonchev–Trinajstić information content (AvgIpc) is 2.90. The molecule has 0 fully saturated rings. The molecule has 2 rings (SSSR count). The molecule has 0 aliphatic heterocycles. The third-order valence-corrected chi connectivity index (χ3v) is 2.92. The normalized spacial score (nSPS) is 11.6. The number of halogens is 1. The molecule has 3 nitrogen and oxygen atoms in total. The number of rotatable bonds is 5. The van der Waals surface area contributed by atoms with Crippen molar-refractivity contribution in [2.45, 2.75) is 19.9 Å². The molecule has 0 unspecified atom stereocenters. The van der Waals surface area contributed by atoms with Crippen LogP contribution in [0.3, 0.4) is 0 Å². The highest BCUT2D eigenvalue weighted by atomic mass is 35.5. The van der Waals surface area contributed by atoms with Crippen molar-refractivity contribution in [2.75, 3.05) is 0 Å². The van der Waals surface area contributed by atoms with Gasteiger partial charge in [-0.15, -0.1) is 0 Å². The van der Waals surface area contributed by atoms with Gasteiger partial charge in [0.15, 0.2) is 5.78 Å². The number of aliphatic imine (C=N–C) groups is 1. The molecule has 0 saturated carbocycles. The van der Waals surface area contributed by atoms with Gasteiger partial charge in [-0.25, -0.2) is 0 Å². The molecule has 19 heavy (non-hydrogen) atoms. The van der Waals surface area contributed by atoms with Gasteiger partial charge in [-0.2, -0.15) is 0 Å². The highest BCUT2D eigenvalue weighted by Gasteiger charge is 2.07. The Morgan fingerprint density at radius 1 is 1.26 bits per heavy atom. The fraction of sp³-hybridized carbons (Fsp3) is 0.200. The van der Waals surface area contributed by atoms with Crippen LogP contribution in [-0.2, 0) is 6.54 Å². The van der Waals surface area contributed by atoms with Crippen molar-refractivity contribution in [3.8, 4) is 0 Å². The molecule has 0 atom stereocenters. The molecular formula is C15H14ClNO2. The Bertz CT molecular complexity index is 571. The van der Waals surface area contributed by atoms with Gasteiger partial charge in [0.2, 0.25) is 0 Å². The van der Waals surface area contributed by atoms with E-state index >= 15 is 0 Å². The molecule has 0 bridgehead atoms. The molecule has 0 radical (unpaired) electrons. The van der Waals surface area contributed by atoms with E-state index in [4.69, 9.17) is 16.0 Å². The number of carbonyl (C=O) groups excluding carboxylic acids is 1. The Hall–Kier alpha value is -1.87. The highest BCUT2D eigenvalue weighted by molar-refractivity contribution is 6.30. The van der Waals surface area contributed by atoms with Gasteiger partial charge in [-0.1, -0.05) is 11.6 Å². The first-order chi connectivity index (χ1) is 9.15. The lowest BCUT2D eigenvalue weighted by Crippen LogP contribution is -2.05. The van der Waals surface area contributed by atoms with E-state index in [0.717, 1.165) is 11.5 Å². The monoisotopic (exact) mass is 275 g/mol. The molecule has 1 aromatic carbocycles. The quantitative estimate of drug-likeness (QED) is 0.607. The van der Waals surface area contributed by atoms with E-state index in [9.17, 15) is 4.79 Å². The van der Waals surface area contributed by atoms with Crippen molar-refractivity contribution < 1.29 is 9.21 Å². The van der Waals surface area contributed by atoms with E-state index in [1.807, 2.05) is 19.1 Å². The first-order valence-electron chi connectivity index (χ1n) is 5.96. The fourth-order valence-corrected chi connectivity index (χ4v) is 1.77. The van der Waals surface area contributed by atoms with Crippen molar-refractivity contribution in [3.05, 3.63) is 59.0 Å². The predicted octanol–water partition coefficient (Wildman–Crippen LogP) is 4.17. The molecular weight excluding hydrogens is 262 g/mol.